The standard InChI is InChI=1S/C19H18N2O6/c20-14-8-5-7-4-6-2-1-3-9(22)10(6)15(23)11(7)16(24)12(8)17(25)13(18(14)26)19(21)27/h1-3,7-8,12,14,22,24,26H,4-5,20H2,(H2,21,27)/t7?,8?,12?,14-/m0/s1. The summed E-state index contributed by atoms with van der Waals surface area (Å²) in [5.41, 5.74) is 11.4. The van der Waals surface area contributed by atoms with Crippen LogP contribution in [0.25, 0.3) is 0 Å². The van der Waals surface area contributed by atoms with E-state index in [0.717, 1.165) is 0 Å². The number of rotatable bonds is 1. The first-order valence-corrected chi connectivity index (χ1v) is 8.55. The van der Waals surface area contributed by atoms with Crippen molar-refractivity contribution in [2.45, 2.75) is 18.9 Å². The lowest BCUT2D eigenvalue weighted by Crippen LogP contribution is -2.52. The quantitative estimate of drug-likeness (QED) is 0.447. The van der Waals surface area contributed by atoms with Crippen LogP contribution >= 0.6 is 0 Å². The molecule has 1 aromatic rings. The number of allylic oxidation sites excluding steroid dienone is 2. The monoisotopic (exact) mass is 370 g/mol. The van der Waals surface area contributed by atoms with Crippen molar-refractivity contribution >= 4 is 17.5 Å². The molecule has 0 aliphatic heterocycles. The number of hydrogen-bond donors (Lipinski definition) is 5. The van der Waals surface area contributed by atoms with Crippen molar-refractivity contribution in [3.8, 4) is 5.75 Å². The van der Waals surface area contributed by atoms with E-state index in [-0.39, 0.29) is 23.3 Å². The third kappa shape index (κ3) is 2.23. The number of primary amides is 1. The van der Waals surface area contributed by atoms with Gasteiger partial charge in [-0.15, -0.1) is 0 Å². The van der Waals surface area contributed by atoms with Crippen LogP contribution in [0, 0.1) is 17.8 Å². The first-order chi connectivity index (χ1) is 12.7. The molecule has 1 amide bonds. The van der Waals surface area contributed by atoms with Gasteiger partial charge in [-0.05, 0) is 36.3 Å². The molecular formula is C19H18N2O6. The number of aromatic hydroxyl groups is 1. The van der Waals surface area contributed by atoms with Gasteiger partial charge >= 0.3 is 0 Å². The fourth-order valence-electron chi connectivity index (χ4n) is 4.64. The van der Waals surface area contributed by atoms with Gasteiger partial charge in [0.25, 0.3) is 5.91 Å². The lowest BCUT2D eigenvalue weighted by molar-refractivity contribution is -0.126. The number of carbonyl (C=O) groups is 3. The van der Waals surface area contributed by atoms with Gasteiger partial charge in [-0.2, -0.15) is 0 Å². The highest BCUT2D eigenvalue weighted by atomic mass is 16.3. The summed E-state index contributed by atoms with van der Waals surface area (Å²) in [5, 5.41) is 31.1. The van der Waals surface area contributed by atoms with Gasteiger partial charge in [-0.3, -0.25) is 14.4 Å². The van der Waals surface area contributed by atoms with Crippen LogP contribution in [0.4, 0.5) is 0 Å². The lowest BCUT2D eigenvalue weighted by atomic mass is 9.61. The SMILES string of the molecule is NC(=O)C1=C(O)[C@@H](N)C2CC3Cc4cccc(O)c4C(=O)C3=C(O)C2C1=O. The Morgan fingerprint density at radius 2 is 1.81 bits per heavy atom. The van der Waals surface area contributed by atoms with Gasteiger partial charge < -0.3 is 26.8 Å². The molecule has 27 heavy (non-hydrogen) atoms. The Morgan fingerprint density at radius 3 is 2.48 bits per heavy atom. The minimum atomic E-state index is -1.22. The average Bonchev–Trinajstić information content (AvgIpc) is 2.59. The van der Waals surface area contributed by atoms with Crippen LogP contribution in [0.5, 0.6) is 5.75 Å². The first-order valence-electron chi connectivity index (χ1n) is 8.55. The van der Waals surface area contributed by atoms with Crippen molar-refractivity contribution in [2.24, 2.45) is 29.2 Å². The zero-order valence-corrected chi connectivity index (χ0v) is 14.2. The Morgan fingerprint density at radius 1 is 1.11 bits per heavy atom. The maximum absolute atomic E-state index is 13.0. The van der Waals surface area contributed by atoms with E-state index in [4.69, 9.17) is 11.5 Å². The second-order valence-corrected chi connectivity index (χ2v) is 7.23. The molecule has 0 saturated heterocycles. The van der Waals surface area contributed by atoms with E-state index in [1.807, 2.05) is 0 Å². The number of aliphatic hydroxyl groups is 2. The number of phenolic OH excluding ortho intramolecular Hbond substituents is 1. The molecule has 0 spiro atoms. The van der Waals surface area contributed by atoms with E-state index in [2.05, 4.69) is 0 Å². The molecular weight excluding hydrogens is 352 g/mol. The van der Waals surface area contributed by atoms with Crippen LogP contribution in [-0.4, -0.2) is 38.8 Å². The fourth-order valence-corrected chi connectivity index (χ4v) is 4.64. The molecule has 0 fully saturated rings. The van der Waals surface area contributed by atoms with E-state index >= 15 is 0 Å². The van der Waals surface area contributed by atoms with Gasteiger partial charge in [0.05, 0.1) is 17.5 Å². The van der Waals surface area contributed by atoms with Crippen LogP contribution in [-0.2, 0) is 16.0 Å². The first kappa shape index (κ1) is 17.3. The van der Waals surface area contributed by atoms with E-state index in [1.54, 1.807) is 12.1 Å². The van der Waals surface area contributed by atoms with Crippen molar-refractivity contribution < 1.29 is 29.7 Å². The minimum absolute atomic E-state index is 0.0519. The molecule has 8 nitrogen and oxygen atoms in total. The number of ketones is 2. The molecule has 0 heterocycles. The summed E-state index contributed by atoms with van der Waals surface area (Å²) in [6.07, 6.45) is 0.653. The molecule has 4 atom stereocenters. The Kier molecular flexibility index (Phi) is 3.64. The second kappa shape index (κ2) is 5.68. The van der Waals surface area contributed by atoms with Gasteiger partial charge in [0.1, 0.15) is 22.8 Å². The van der Waals surface area contributed by atoms with Gasteiger partial charge in [-0.25, -0.2) is 0 Å². The molecule has 3 aliphatic rings. The van der Waals surface area contributed by atoms with Crippen molar-refractivity contribution in [2.75, 3.05) is 0 Å². The van der Waals surface area contributed by atoms with Crippen molar-refractivity contribution in [3.05, 3.63) is 52.0 Å². The summed E-state index contributed by atoms with van der Waals surface area (Å²) in [5.74, 6) is -6.05. The summed E-state index contributed by atoms with van der Waals surface area (Å²) in [6.45, 7) is 0. The number of nitrogens with two attached hydrogens (primary N) is 2. The van der Waals surface area contributed by atoms with Crippen LogP contribution in [0.3, 0.4) is 0 Å². The highest BCUT2D eigenvalue weighted by Crippen LogP contribution is 2.48. The number of amides is 1. The smallest absolute Gasteiger partial charge is 0.255 e. The molecule has 0 saturated carbocycles. The van der Waals surface area contributed by atoms with E-state index in [1.165, 1.54) is 6.07 Å². The molecule has 3 unspecified atom stereocenters. The largest absolute Gasteiger partial charge is 0.511 e. The highest BCUT2D eigenvalue weighted by Gasteiger charge is 2.52. The number of aliphatic hydroxyl groups excluding tert-OH is 2. The molecule has 3 aliphatic carbocycles. The predicted molar refractivity (Wildman–Crippen MR) is 92.7 cm³/mol. The van der Waals surface area contributed by atoms with E-state index in [9.17, 15) is 29.7 Å². The Bertz CT molecular complexity index is 976. The number of carbonyl (C=O) groups excluding carboxylic acids is 3. The normalized spacial score (nSPS) is 30.0. The molecule has 140 valence electrons. The number of hydrogen-bond acceptors (Lipinski definition) is 7. The third-order valence-electron chi connectivity index (χ3n) is 5.84. The summed E-state index contributed by atoms with van der Waals surface area (Å²) < 4.78 is 0. The zero-order chi connectivity index (χ0) is 19.6. The average molecular weight is 370 g/mol. The number of benzene rings is 1. The summed E-state index contributed by atoms with van der Waals surface area (Å²) in [7, 11) is 0. The third-order valence-corrected chi connectivity index (χ3v) is 5.84. The van der Waals surface area contributed by atoms with Gasteiger partial charge in [0.2, 0.25) is 0 Å². The molecule has 0 aromatic heterocycles. The van der Waals surface area contributed by atoms with Crippen LogP contribution in [0.1, 0.15) is 22.3 Å². The van der Waals surface area contributed by atoms with Crippen molar-refractivity contribution in [3.63, 3.8) is 0 Å². The van der Waals surface area contributed by atoms with Gasteiger partial charge in [0, 0.05) is 5.57 Å². The number of phenols is 1. The second-order valence-electron chi connectivity index (χ2n) is 7.23. The molecule has 1 aromatic carbocycles. The Balaban J connectivity index is 1.88. The molecule has 0 bridgehead atoms. The fraction of sp³-hybridized carbons (Fsp3) is 0.316. The molecule has 4 rings (SSSR count). The zero-order valence-electron chi connectivity index (χ0n) is 14.2. The Labute approximate surface area is 153 Å². The lowest BCUT2D eigenvalue weighted by Gasteiger charge is -2.43. The number of fused-ring (bicyclic) bond motifs is 3. The van der Waals surface area contributed by atoms with E-state index in [0.29, 0.717) is 12.0 Å². The van der Waals surface area contributed by atoms with Gasteiger partial charge in [0.15, 0.2) is 11.6 Å². The van der Waals surface area contributed by atoms with Gasteiger partial charge in [-0.1, -0.05) is 12.1 Å². The number of Topliss-reactive ketones (excluding diaryl/α,β-unsaturated/α-hetero) is 2. The maximum Gasteiger partial charge on any atom is 0.255 e. The van der Waals surface area contributed by atoms with Crippen molar-refractivity contribution in [1.82, 2.24) is 0 Å². The van der Waals surface area contributed by atoms with Crippen LogP contribution in [0.15, 0.2) is 40.9 Å². The van der Waals surface area contributed by atoms with Crippen LogP contribution in [0.2, 0.25) is 0 Å². The van der Waals surface area contributed by atoms with E-state index < -0.39 is 58.4 Å². The summed E-state index contributed by atoms with van der Waals surface area (Å²) in [6, 6.07) is 3.68. The molecule has 7 N–H and O–H groups in total. The molecule has 8 heteroatoms. The predicted octanol–water partition coefficient (Wildman–Crippen LogP) is 0.403. The highest BCUT2D eigenvalue weighted by molar-refractivity contribution is 6.22. The van der Waals surface area contributed by atoms with Crippen molar-refractivity contribution in [1.29, 1.82) is 0 Å². The molecule has 0 radical (unpaired) electrons. The van der Waals surface area contributed by atoms with Crippen LogP contribution < -0.4 is 11.5 Å². The maximum atomic E-state index is 13.0. The topological polar surface area (TPSA) is 164 Å². The Hall–Kier alpha value is -3.13. The minimum Gasteiger partial charge on any atom is -0.511 e. The summed E-state index contributed by atoms with van der Waals surface area (Å²) >= 11 is 0. The summed E-state index contributed by atoms with van der Waals surface area (Å²) in [4.78, 5) is 37.3.